The van der Waals surface area contributed by atoms with Crippen molar-refractivity contribution in [2.24, 2.45) is 5.92 Å². The lowest BCUT2D eigenvalue weighted by Gasteiger charge is -2.15. The van der Waals surface area contributed by atoms with Crippen LogP contribution in [0.25, 0.3) is 0 Å². The van der Waals surface area contributed by atoms with Crippen molar-refractivity contribution in [3.05, 3.63) is 47.1 Å². The summed E-state index contributed by atoms with van der Waals surface area (Å²) in [7, 11) is 4.78. The maximum absolute atomic E-state index is 12.3. The number of methoxy groups -OCH3 is 1. The average molecular weight is 328 g/mol. The second-order valence-electron chi connectivity index (χ2n) is 4.75. The van der Waals surface area contributed by atoms with Crippen LogP contribution in [0.15, 0.2) is 36.5 Å². The highest BCUT2D eigenvalue weighted by atomic mass is 35.5. The van der Waals surface area contributed by atoms with Crippen LogP contribution in [0, 0.1) is 5.92 Å². The molecule has 1 atom stereocenters. The van der Waals surface area contributed by atoms with Crippen LogP contribution < -0.4 is 0 Å². The summed E-state index contributed by atoms with van der Waals surface area (Å²) in [6.07, 6.45) is 3.63. The first-order valence-corrected chi connectivity index (χ1v) is 7.24. The van der Waals surface area contributed by atoms with Crippen molar-refractivity contribution in [3.8, 4) is 0 Å². The van der Waals surface area contributed by atoms with E-state index < -0.39 is 0 Å². The Kier molecular flexibility index (Phi) is 8.77. The summed E-state index contributed by atoms with van der Waals surface area (Å²) in [5.41, 5.74) is 1.03. The molecule has 6 heteroatoms. The number of ketones is 1. The molecule has 0 fully saturated rings. The van der Waals surface area contributed by atoms with Gasteiger partial charge < -0.3 is 9.47 Å². The SMILES string of the molecule is COCOC[C@H](Cc1ccc(Cl)cc1)C(=O)/C=C/N(C)OC. The van der Waals surface area contributed by atoms with Gasteiger partial charge in [-0.3, -0.25) is 14.7 Å². The number of carbonyl (C=O) groups is 1. The van der Waals surface area contributed by atoms with Gasteiger partial charge in [-0.05, 0) is 30.2 Å². The first-order chi connectivity index (χ1) is 10.6. The zero-order valence-electron chi connectivity index (χ0n) is 13.1. The van der Waals surface area contributed by atoms with Gasteiger partial charge in [-0.2, -0.15) is 0 Å². The highest BCUT2D eigenvalue weighted by Gasteiger charge is 2.17. The number of hydroxylamine groups is 2. The van der Waals surface area contributed by atoms with Gasteiger partial charge in [-0.1, -0.05) is 23.7 Å². The Labute approximate surface area is 136 Å². The predicted molar refractivity (Wildman–Crippen MR) is 85.4 cm³/mol. The topological polar surface area (TPSA) is 48.0 Å². The van der Waals surface area contributed by atoms with Crippen molar-refractivity contribution in [1.29, 1.82) is 0 Å². The van der Waals surface area contributed by atoms with Gasteiger partial charge in [0.1, 0.15) is 6.79 Å². The number of rotatable bonds is 10. The molecule has 0 heterocycles. The second-order valence-corrected chi connectivity index (χ2v) is 5.19. The molecule has 0 unspecified atom stereocenters. The number of hydrogen-bond donors (Lipinski definition) is 0. The summed E-state index contributed by atoms with van der Waals surface area (Å²) in [6.45, 7) is 0.447. The Bertz CT molecular complexity index is 476. The molecule has 0 saturated heterocycles. The molecule has 0 saturated carbocycles. The van der Waals surface area contributed by atoms with Gasteiger partial charge in [0.25, 0.3) is 0 Å². The quantitative estimate of drug-likeness (QED) is 0.286. The van der Waals surface area contributed by atoms with Crippen LogP contribution in [-0.2, 0) is 25.5 Å². The Morgan fingerprint density at radius 2 is 2.00 bits per heavy atom. The van der Waals surface area contributed by atoms with Crippen LogP contribution in [0.4, 0.5) is 0 Å². The van der Waals surface area contributed by atoms with Crippen molar-refractivity contribution in [2.75, 3.05) is 34.7 Å². The summed E-state index contributed by atoms with van der Waals surface area (Å²) in [6, 6.07) is 7.43. The van der Waals surface area contributed by atoms with E-state index in [1.54, 1.807) is 20.4 Å². The van der Waals surface area contributed by atoms with Gasteiger partial charge in [0.2, 0.25) is 0 Å². The van der Waals surface area contributed by atoms with Crippen molar-refractivity contribution in [2.45, 2.75) is 6.42 Å². The van der Waals surface area contributed by atoms with E-state index in [9.17, 15) is 4.79 Å². The zero-order valence-corrected chi connectivity index (χ0v) is 13.9. The average Bonchev–Trinajstić information content (AvgIpc) is 2.53. The minimum atomic E-state index is -0.294. The Balaban J connectivity index is 2.71. The molecule has 0 spiro atoms. The summed E-state index contributed by atoms with van der Waals surface area (Å²) in [4.78, 5) is 17.3. The minimum Gasteiger partial charge on any atom is -0.359 e. The van der Waals surface area contributed by atoms with Crippen molar-refractivity contribution >= 4 is 17.4 Å². The summed E-state index contributed by atoms with van der Waals surface area (Å²) in [5, 5.41) is 2.12. The lowest BCUT2D eigenvalue weighted by atomic mass is 9.96. The first kappa shape index (κ1) is 18.6. The van der Waals surface area contributed by atoms with Crippen molar-refractivity contribution < 1.29 is 19.1 Å². The number of nitrogens with zero attached hydrogens (tertiary/aromatic N) is 1. The highest BCUT2D eigenvalue weighted by Crippen LogP contribution is 2.15. The Morgan fingerprint density at radius 1 is 1.32 bits per heavy atom. The number of benzene rings is 1. The number of carbonyl (C=O) groups excluding carboxylic acids is 1. The van der Waals surface area contributed by atoms with Crippen LogP contribution in [0.2, 0.25) is 5.02 Å². The van der Waals surface area contributed by atoms with Gasteiger partial charge in [0.15, 0.2) is 5.78 Å². The molecule has 1 aromatic rings. The standard InChI is InChI=1S/C16H22ClNO4/c1-18(21-3)9-8-16(19)14(11-22-12-20-2)10-13-4-6-15(17)7-5-13/h4-9,14H,10-12H2,1-3H3/b9-8+/t14-/m0/s1. The molecule has 0 aromatic heterocycles. The van der Waals surface area contributed by atoms with E-state index in [0.717, 1.165) is 5.56 Å². The third-order valence-electron chi connectivity index (χ3n) is 3.05. The fraction of sp³-hybridized carbons (Fsp3) is 0.438. The summed E-state index contributed by atoms with van der Waals surface area (Å²) in [5.74, 6) is -0.326. The van der Waals surface area contributed by atoms with Gasteiger partial charge in [-0.15, -0.1) is 0 Å². The molecule has 5 nitrogen and oxygen atoms in total. The predicted octanol–water partition coefficient (Wildman–Crippen LogP) is 2.70. The fourth-order valence-corrected chi connectivity index (χ4v) is 1.92. The molecule has 22 heavy (non-hydrogen) atoms. The molecule has 1 rings (SSSR count). The van der Waals surface area contributed by atoms with E-state index in [2.05, 4.69) is 0 Å². The number of allylic oxidation sites excluding steroid dienone is 1. The van der Waals surface area contributed by atoms with Crippen LogP contribution in [-0.4, -0.2) is 45.5 Å². The van der Waals surface area contributed by atoms with Crippen LogP contribution in [0.3, 0.4) is 0 Å². The molecule has 1 aromatic carbocycles. The van der Waals surface area contributed by atoms with E-state index in [1.165, 1.54) is 18.2 Å². The maximum Gasteiger partial charge on any atom is 0.162 e. The van der Waals surface area contributed by atoms with Crippen molar-refractivity contribution in [3.63, 3.8) is 0 Å². The molecule has 0 radical (unpaired) electrons. The van der Waals surface area contributed by atoms with Crippen LogP contribution in [0.1, 0.15) is 5.56 Å². The highest BCUT2D eigenvalue weighted by molar-refractivity contribution is 6.30. The molecule has 0 aliphatic heterocycles. The molecule has 0 amide bonds. The Morgan fingerprint density at radius 3 is 2.59 bits per heavy atom. The number of hydrogen-bond acceptors (Lipinski definition) is 5. The van der Waals surface area contributed by atoms with Gasteiger partial charge in [0.05, 0.1) is 13.7 Å². The van der Waals surface area contributed by atoms with Crippen LogP contribution in [0.5, 0.6) is 0 Å². The van der Waals surface area contributed by atoms with E-state index in [4.69, 9.17) is 25.9 Å². The van der Waals surface area contributed by atoms with E-state index in [0.29, 0.717) is 11.4 Å². The van der Waals surface area contributed by atoms with Crippen LogP contribution >= 0.6 is 11.6 Å². The molecular weight excluding hydrogens is 306 g/mol. The number of halogens is 1. The monoisotopic (exact) mass is 327 g/mol. The normalized spacial score (nSPS) is 12.5. The smallest absolute Gasteiger partial charge is 0.162 e. The first-order valence-electron chi connectivity index (χ1n) is 6.87. The third-order valence-corrected chi connectivity index (χ3v) is 3.31. The summed E-state index contributed by atoms with van der Waals surface area (Å²) < 4.78 is 10.2. The minimum absolute atomic E-state index is 0.0325. The van der Waals surface area contributed by atoms with Gasteiger partial charge in [0, 0.05) is 31.3 Å². The zero-order chi connectivity index (χ0) is 16.4. The molecule has 0 bridgehead atoms. The fourth-order valence-electron chi connectivity index (χ4n) is 1.80. The molecule has 0 N–H and O–H groups in total. The summed E-state index contributed by atoms with van der Waals surface area (Å²) >= 11 is 5.87. The Hall–Kier alpha value is -1.40. The number of ether oxygens (including phenoxy) is 2. The second kappa shape index (κ2) is 10.3. The van der Waals surface area contributed by atoms with Crippen molar-refractivity contribution in [1.82, 2.24) is 5.06 Å². The van der Waals surface area contributed by atoms with E-state index in [1.807, 2.05) is 24.3 Å². The lowest BCUT2D eigenvalue weighted by Crippen LogP contribution is -2.22. The third kappa shape index (κ3) is 7.04. The van der Waals surface area contributed by atoms with E-state index >= 15 is 0 Å². The lowest BCUT2D eigenvalue weighted by molar-refractivity contribution is -0.122. The maximum atomic E-state index is 12.3. The largest absolute Gasteiger partial charge is 0.359 e. The van der Waals surface area contributed by atoms with E-state index in [-0.39, 0.29) is 25.1 Å². The molecule has 122 valence electrons. The molecular formula is C16H22ClNO4. The van der Waals surface area contributed by atoms with Gasteiger partial charge >= 0.3 is 0 Å². The molecule has 0 aliphatic carbocycles. The molecule has 0 aliphatic rings. The van der Waals surface area contributed by atoms with Gasteiger partial charge in [-0.25, -0.2) is 0 Å².